The van der Waals surface area contributed by atoms with Gasteiger partial charge in [-0.1, -0.05) is 23.5 Å². The highest BCUT2D eigenvalue weighted by Gasteiger charge is 2.34. The molecule has 1 aliphatic rings. The van der Waals surface area contributed by atoms with E-state index in [9.17, 15) is 4.79 Å². The average Bonchev–Trinajstić information content (AvgIpc) is 3.30. The molecule has 0 bridgehead atoms. The number of nitrogens with one attached hydrogen (secondary N) is 1. The van der Waals surface area contributed by atoms with E-state index in [1.807, 2.05) is 42.6 Å². The van der Waals surface area contributed by atoms with Crippen LogP contribution in [0.15, 0.2) is 55.1 Å². The molecule has 8 nitrogen and oxygen atoms in total. The summed E-state index contributed by atoms with van der Waals surface area (Å²) in [5.74, 6) is 1.40. The van der Waals surface area contributed by atoms with Gasteiger partial charge in [-0.2, -0.15) is 5.10 Å². The molecule has 3 aromatic heterocycles. The highest BCUT2D eigenvalue weighted by atomic mass is 32.1. The van der Waals surface area contributed by atoms with Crippen LogP contribution in [0.2, 0.25) is 0 Å². The maximum absolute atomic E-state index is 12.5. The van der Waals surface area contributed by atoms with Gasteiger partial charge >= 0.3 is 0 Å². The van der Waals surface area contributed by atoms with Gasteiger partial charge in [-0.25, -0.2) is 19.6 Å². The number of hydrogen-bond donors (Lipinski definition) is 1. The van der Waals surface area contributed by atoms with Gasteiger partial charge in [0.15, 0.2) is 10.9 Å². The zero-order chi connectivity index (χ0) is 18.2. The first kappa shape index (κ1) is 15.9. The second-order valence-corrected chi connectivity index (χ2v) is 7.29. The van der Waals surface area contributed by atoms with E-state index in [-0.39, 0.29) is 11.8 Å². The van der Waals surface area contributed by atoms with Gasteiger partial charge in [0, 0.05) is 31.5 Å². The lowest BCUT2D eigenvalue weighted by Crippen LogP contribution is -2.52. The molecule has 1 aliphatic heterocycles. The van der Waals surface area contributed by atoms with Gasteiger partial charge in [0.25, 0.3) is 0 Å². The Bertz CT molecular complexity index is 1070. The summed E-state index contributed by atoms with van der Waals surface area (Å²) in [5, 5.41) is 7.75. The first-order chi connectivity index (χ1) is 13.3. The van der Waals surface area contributed by atoms with Crippen LogP contribution in [0.4, 0.5) is 10.9 Å². The van der Waals surface area contributed by atoms with Crippen molar-refractivity contribution in [3.63, 3.8) is 0 Å². The summed E-state index contributed by atoms with van der Waals surface area (Å²) in [6, 6.07) is 11.6. The van der Waals surface area contributed by atoms with Crippen molar-refractivity contribution in [3.8, 4) is 5.82 Å². The number of amides is 1. The van der Waals surface area contributed by atoms with E-state index in [1.165, 1.54) is 17.7 Å². The molecule has 1 aromatic carbocycles. The number of carbonyl (C=O) groups excluding carboxylic acids is 1. The molecule has 1 fully saturated rings. The van der Waals surface area contributed by atoms with Crippen LogP contribution in [-0.4, -0.2) is 43.7 Å². The van der Waals surface area contributed by atoms with Crippen molar-refractivity contribution in [1.82, 2.24) is 24.7 Å². The molecule has 1 saturated heterocycles. The Morgan fingerprint density at radius 1 is 1.15 bits per heavy atom. The Morgan fingerprint density at radius 2 is 2.00 bits per heavy atom. The maximum Gasteiger partial charge on any atom is 0.232 e. The minimum Gasteiger partial charge on any atom is -0.355 e. The topological polar surface area (TPSA) is 88.8 Å². The van der Waals surface area contributed by atoms with Gasteiger partial charge in [0.2, 0.25) is 5.91 Å². The van der Waals surface area contributed by atoms with Crippen LogP contribution in [0.5, 0.6) is 0 Å². The van der Waals surface area contributed by atoms with E-state index in [0.717, 1.165) is 16.0 Å². The summed E-state index contributed by atoms with van der Waals surface area (Å²) in [5.41, 5.74) is 0.903. The number of benzene rings is 1. The number of aromatic nitrogens is 5. The van der Waals surface area contributed by atoms with E-state index in [4.69, 9.17) is 0 Å². The minimum absolute atomic E-state index is 0.00772. The number of para-hydroxylation sites is 1. The number of carbonyl (C=O) groups is 1. The fraction of sp³-hybridized carbons (Fsp3) is 0.167. The number of rotatable bonds is 4. The van der Waals surface area contributed by atoms with E-state index < -0.39 is 0 Å². The lowest BCUT2D eigenvalue weighted by Gasteiger charge is -2.38. The van der Waals surface area contributed by atoms with Crippen LogP contribution < -0.4 is 10.2 Å². The number of anilines is 2. The van der Waals surface area contributed by atoms with Gasteiger partial charge < -0.3 is 10.2 Å². The van der Waals surface area contributed by atoms with E-state index >= 15 is 0 Å². The fourth-order valence-corrected chi connectivity index (χ4v) is 3.87. The zero-order valence-corrected chi connectivity index (χ0v) is 15.0. The van der Waals surface area contributed by atoms with E-state index in [1.54, 1.807) is 10.9 Å². The largest absolute Gasteiger partial charge is 0.355 e. The molecule has 0 unspecified atom stereocenters. The standard InChI is InChI=1S/C18H15N7OS/c26-17(23-18-22-13-4-1-2-5-14(13)27-18)12-9-24(10-12)15-8-16(20-11-19-15)25-7-3-6-21-25/h1-8,11-12H,9-10H2,(H,22,23,26). The lowest BCUT2D eigenvalue weighted by atomic mass is 9.99. The Morgan fingerprint density at radius 3 is 2.81 bits per heavy atom. The number of hydrogen-bond acceptors (Lipinski definition) is 7. The summed E-state index contributed by atoms with van der Waals surface area (Å²) in [6.07, 6.45) is 5.05. The minimum atomic E-state index is -0.0832. The summed E-state index contributed by atoms with van der Waals surface area (Å²) < 4.78 is 2.75. The Hall–Kier alpha value is -3.33. The number of fused-ring (bicyclic) bond motifs is 1. The van der Waals surface area contributed by atoms with Crippen LogP contribution in [0.25, 0.3) is 16.0 Å². The van der Waals surface area contributed by atoms with Crippen molar-refractivity contribution in [1.29, 1.82) is 0 Å². The van der Waals surface area contributed by atoms with Crippen molar-refractivity contribution in [2.45, 2.75) is 0 Å². The molecule has 0 aliphatic carbocycles. The van der Waals surface area contributed by atoms with Gasteiger partial charge in [-0.15, -0.1) is 0 Å². The van der Waals surface area contributed by atoms with Gasteiger partial charge in [-0.3, -0.25) is 4.79 Å². The maximum atomic E-state index is 12.5. The molecule has 0 atom stereocenters. The van der Waals surface area contributed by atoms with Crippen LogP contribution in [0.3, 0.4) is 0 Å². The molecular formula is C18H15N7OS. The SMILES string of the molecule is O=C(Nc1nc2ccccc2s1)C1CN(c2cc(-n3cccn3)ncn2)C1. The van der Waals surface area contributed by atoms with Gasteiger partial charge in [0.1, 0.15) is 12.1 Å². The first-order valence-electron chi connectivity index (χ1n) is 8.50. The Kier molecular flexibility index (Phi) is 3.79. The lowest BCUT2D eigenvalue weighted by molar-refractivity contribution is -0.120. The highest BCUT2D eigenvalue weighted by molar-refractivity contribution is 7.22. The quantitative estimate of drug-likeness (QED) is 0.587. The molecule has 9 heteroatoms. The van der Waals surface area contributed by atoms with Crippen LogP contribution in [0, 0.1) is 5.92 Å². The second-order valence-electron chi connectivity index (χ2n) is 6.26. The smallest absolute Gasteiger partial charge is 0.232 e. The normalized spacial score (nSPS) is 14.3. The first-order valence-corrected chi connectivity index (χ1v) is 9.31. The van der Waals surface area contributed by atoms with Crippen molar-refractivity contribution < 1.29 is 4.79 Å². The summed E-state index contributed by atoms with van der Waals surface area (Å²) in [4.78, 5) is 27.5. The fourth-order valence-electron chi connectivity index (χ4n) is 3.00. The van der Waals surface area contributed by atoms with Crippen molar-refractivity contribution in [2.24, 2.45) is 5.92 Å². The van der Waals surface area contributed by atoms with Crippen LogP contribution in [0.1, 0.15) is 0 Å². The van der Waals surface area contributed by atoms with E-state index in [2.05, 4.69) is 30.3 Å². The Balaban J connectivity index is 1.24. The van der Waals surface area contributed by atoms with Crippen molar-refractivity contribution >= 4 is 38.4 Å². The molecule has 1 amide bonds. The number of nitrogens with zero attached hydrogens (tertiary/aromatic N) is 6. The van der Waals surface area contributed by atoms with Crippen LogP contribution >= 0.6 is 11.3 Å². The third kappa shape index (κ3) is 3.02. The monoisotopic (exact) mass is 377 g/mol. The molecule has 0 spiro atoms. The average molecular weight is 377 g/mol. The van der Waals surface area contributed by atoms with Crippen LogP contribution in [-0.2, 0) is 4.79 Å². The molecule has 4 heterocycles. The molecule has 0 saturated carbocycles. The van der Waals surface area contributed by atoms with Gasteiger partial charge in [0.05, 0.1) is 16.1 Å². The number of thiazole rings is 1. The van der Waals surface area contributed by atoms with E-state index in [0.29, 0.717) is 24.0 Å². The summed E-state index contributed by atoms with van der Waals surface area (Å²) in [6.45, 7) is 1.23. The molecule has 0 radical (unpaired) electrons. The molecule has 5 rings (SSSR count). The highest BCUT2D eigenvalue weighted by Crippen LogP contribution is 2.28. The predicted octanol–water partition coefficient (Wildman–Crippen LogP) is 2.35. The molecule has 134 valence electrons. The summed E-state index contributed by atoms with van der Waals surface area (Å²) in [7, 11) is 0. The third-order valence-corrected chi connectivity index (χ3v) is 5.43. The third-order valence-electron chi connectivity index (χ3n) is 4.48. The molecule has 1 N–H and O–H groups in total. The predicted molar refractivity (Wildman–Crippen MR) is 103 cm³/mol. The van der Waals surface area contributed by atoms with Crippen molar-refractivity contribution in [3.05, 3.63) is 55.1 Å². The zero-order valence-electron chi connectivity index (χ0n) is 14.2. The van der Waals surface area contributed by atoms with Gasteiger partial charge in [-0.05, 0) is 18.2 Å². The Labute approximate surface area is 158 Å². The second kappa shape index (κ2) is 6.44. The summed E-state index contributed by atoms with van der Waals surface area (Å²) >= 11 is 1.49. The molecule has 4 aromatic rings. The van der Waals surface area contributed by atoms with Crippen molar-refractivity contribution in [2.75, 3.05) is 23.3 Å². The molecular weight excluding hydrogens is 362 g/mol. The molecule has 27 heavy (non-hydrogen) atoms.